The van der Waals surface area contributed by atoms with Crippen molar-refractivity contribution < 1.29 is 31.1 Å². The Hall–Kier alpha value is -3.39. The highest BCUT2D eigenvalue weighted by atomic mass is 35.5. The zero-order valence-electron chi connectivity index (χ0n) is 16.0. The second kappa shape index (κ2) is 8.27. The molecular weight excluding hydrogens is 455 g/mol. The standard InChI is InChI=1S/C23H12ClF5O3/c24-13-6-4-12(5-7-13)20-21(30)15-9-8-14(10-19(15)32-22(20)23(27,28)29)31-11-16-17(25)2-1-3-18(16)26/h1-10H,11H2. The molecule has 164 valence electrons. The molecule has 0 fully saturated rings. The largest absolute Gasteiger partial charge is 0.489 e. The zero-order valence-corrected chi connectivity index (χ0v) is 16.7. The lowest BCUT2D eigenvalue weighted by Gasteiger charge is -2.14. The van der Waals surface area contributed by atoms with Crippen molar-refractivity contribution in [3.8, 4) is 16.9 Å². The number of hydrogen-bond donors (Lipinski definition) is 0. The van der Waals surface area contributed by atoms with E-state index in [0.29, 0.717) is 5.02 Å². The Morgan fingerprint density at radius 3 is 2.22 bits per heavy atom. The van der Waals surface area contributed by atoms with E-state index in [2.05, 4.69) is 0 Å². The Morgan fingerprint density at radius 1 is 0.938 bits per heavy atom. The molecule has 1 heterocycles. The van der Waals surface area contributed by atoms with E-state index in [4.69, 9.17) is 20.8 Å². The molecule has 3 aromatic carbocycles. The number of halogens is 6. The zero-order chi connectivity index (χ0) is 23.0. The first-order chi connectivity index (χ1) is 15.1. The van der Waals surface area contributed by atoms with E-state index in [1.54, 1.807) is 0 Å². The van der Waals surface area contributed by atoms with Gasteiger partial charge in [0.2, 0.25) is 11.2 Å². The molecule has 0 atom stereocenters. The molecule has 0 saturated heterocycles. The minimum Gasteiger partial charge on any atom is -0.489 e. The summed E-state index contributed by atoms with van der Waals surface area (Å²) in [5.41, 5.74) is -2.28. The lowest BCUT2D eigenvalue weighted by molar-refractivity contribution is -0.152. The molecule has 32 heavy (non-hydrogen) atoms. The first kappa shape index (κ1) is 21.8. The second-order valence-electron chi connectivity index (χ2n) is 6.79. The van der Waals surface area contributed by atoms with E-state index in [9.17, 15) is 26.7 Å². The number of hydrogen-bond acceptors (Lipinski definition) is 3. The van der Waals surface area contributed by atoms with Crippen LogP contribution < -0.4 is 10.2 Å². The molecule has 0 radical (unpaired) electrons. The summed E-state index contributed by atoms with van der Waals surface area (Å²) in [5.74, 6) is -3.17. The number of rotatable bonds is 4. The first-order valence-electron chi connectivity index (χ1n) is 9.15. The van der Waals surface area contributed by atoms with Crippen molar-refractivity contribution in [1.29, 1.82) is 0 Å². The summed E-state index contributed by atoms with van der Waals surface area (Å²) in [6.45, 7) is -0.511. The van der Waals surface area contributed by atoms with Gasteiger partial charge in [0, 0.05) is 11.1 Å². The normalized spacial score (nSPS) is 11.7. The summed E-state index contributed by atoms with van der Waals surface area (Å²) in [6.07, 6.45) is -4.96. The summed E-state index contributed by atoms with van der Waals surface area (Å²) in [7, 11) is 0. The molecule has 4 rings (SSSR count). The lowest BCUT2D eigenvalue weighted by Crippen LogP contribution is -2.16. The number of ether oxygens (including phenoxy) is 1. The Labute approximate surface area is 182 Å². The minimum absolute atomic E-state index is 0.00673. The van der Waals surface area contributed by atoms with Crippen molar-refractivity contribution in [3.63, 3.8) is 0 Å². The van der Waals surface area contributed by atoms with Crippen molar-refractivity contribution >= 4 is 22.6 Å². The maximum absolute atomic E-state index is 13.8. The Morgan fingerprint density at radius 2 is 1.59 bits per heavy atom. The monoisotopic (exact) mass is 466 g/mol. The van der Waals surface area contributed by atoms with Gasteiger partial charge in [0.15, 0.2) is 0 Å². The molecule has 0 aliphatic carbocycles. The van der Waals surface area contributed by atoms with Gasteiger partial charge in [0.25, 0.3) is 0 Å². The molecule has 1 aromatic heterocycles. The topological polar surface area (TPSA) is 39.4 Å². The maximum atomic E-state index is 13.8. The SMILES string of the molecule is O=c1c(-c2ccc(Cl)cc2)c(C(F)(F)F)oc2cc(OCc3c(F)cccc3F)ccc12. The average molecular weight is 467 g/mol. The molecule has 0 aliphatic rings. The quantitative estimate of drug-likeness (QED) is 0.304. The highest BCUT2D eigenvalue weighted by Gasteiger charge is 2.39. The first-order valence-corrected chi connectivity index (χ1v) is 9.52. The highest BCUT2D eigenvalue weighted by Crippen LogP contribution is 2.38. The summed E-state index contributed by atoms with van der Waals surface area (Å²) < 4.78 is 79.0. The van der Waals surface area contributed by atoms with Crippen LogP contribution in [-0.2, 0) is 12.8 Å². The van der Waals surface area contributed by atoms with Gasteiger partial charge in [-0.3, -0.25) is 4.79 Å². The molecule has 0 saturated carbocycles. The van der Waals surface area contributed by atoms with Crippen molar-refractivity contribution in [2.24, 2.45) is 0 Å². The minimum atomic E-state index is -4.96. The van der Waals surface area contributed by atoms with E-state index in [1.807, 2.05) is 0 Å². The van der Waals surface area contributed by atoms with Gasteiger partial charge in [-0.25, -0.2) is 8.78 Å². The Kier molecular flexibility index (Phi) is 5.64. The number of benzene rings is 3. The Balaban J connectivity index is 1.79. The van der Waals surface area contributed by atoms with E-state index in [-0.39, 0.29) is 27.8 Å². The van der Waals surface area contributed by atoms with Crippen LogP contribution in [0.15, 0.2) is 69.9 Å². The molecule has 9 heteroatoms. The fourth-order valence-electron chi connectivity index (χ4n) is 3.17. The van der Waals surface area contributed by atoms with Gasteiger partial charge in [-0.15, -0.1) is 0 Å². The number of alkyl halides is 3. The number of fused-ring (bicyclic) bond motifs is 1. The summed E-state index contributed by atoms with van der Waals surface area (Å²) in [6, 6.07) is 12.2. The second-order valence-corrected chi connectivity index (χ2v) is 7.22. The molecule has 0 N–H and O–H groups in total. The van der Waals surface area contributed by atoms with E-state index in [0.717, 1.165) is 18.2 Å². The van der Waals surface area contributed by atoms with Crippen molar-refractivity contribution in [3.05, 3.63) is 98.9 Å². The predicted octanol–water partition coefficient (Wildman–Crippen LogP) is 6.99. The van der Waals surface area contributed by atoms with Crippen LogP contribution in [0.2, 0.25) is 5.02 Å². The molecule has 0 bridgehead atoms. The Bertz CT molecular complexity index is 1340. The van der Waals surface area contributed by atoms with Gasteiger partial charge in [0.05, 0.1) is 16.5 Å². The molecule has 0 amide bonds. The maximum Gasteiger partial charge on any atom is 0.450 e. The van der Waals surface area contributed by atoms with Gasteiger partial charge >= 0.3 is 6.18 Å². The molecule has 3 nitrogen and oxygen atoms in total. The van der Waals surface area contributed by atoms with Crippen LogP contribution in [0.4, 0.5) is 22.0 Å². The predicted molar refractivity (Wildman–Crippen MR) is 109 cm³/mol. The fourth-order valence-corrected chi connectivity index (χ4v) is 3.29. The highest BCUT2D eigenvalue weighted by molar-refractivity contribution is 6.30. The molecular formula is C23H12ClF5O3. The van der Waals surface area contributed by atoms with Crippen molar-refractivity contribution in [2.75, 3.05) is 0 Å². The van der Waals surface area contributed by atoms with Crippen molar-refractivity contribution in [2.45, 2.75) is 12.8 Å². The van der Waals surface area contributed by atoms with Gasteiger partial charge in [-0.05, 0) is 42.0 Å². The summed E-state index contributed by atoms with van der Waals surface area (Å²) in [5, 5.41) is 0.174. The molecule has 0 unspecified atom stereocenters. The van der Waals surface area contributed by atoms with Gasteiger partial charge < -0.3 is 9.15 Å². The van der Waals surface area contributed by atoms with E-state index < -0.39 is 41.2 Å². The van der Waals surface area contributed by atoms with Crippen LogP contribution in [0.3, 0.4) is 0 Å². The van der Waals surface area contributed by atoms with Crippen LogP contribution in [-0.4, -0.2) is 0 Å². The van der Waals surface area contributed by atoms with E-state index >= 15 is 0 Å². The molecule has 0 aliphatic heterocycles. The van der Waals surface area contributed by atoms with Gasteiger partial charge in [-0.1, -0.05) is 29.8 Å². The summed E-state index contributed by atoms with van der Waals surface area (Å²) in [4.78, 5) is 12.9. The average Bonchev–Trinajstić information content (AvgIpc) is 2.73. The molecule has 4 aromatic rings. The van der Waals surface area contributed by atoms with E-state index in [1.165, 1.54) is 42.5 Å². The smallest absolute Gasteiger partial charge is 0.450 e. The molecule has 0 spiro atoms. The van der Waals surface area contributed by atoms with Crippen LogP contribution in [0.5, 0.6) is 5.75 Å². The van der Waals surface area contributed by atoms with Crippen LogP contribution in [0.25, 0.3) is 22.1 Å². The van der Waals surface area contributed by atoms with Crippen molar-refractivity contribution in [1.82, 2.24) is 0 Å². The third-order valence-electron chi connectivity index (χ3n) is 4.70. The third kappa shape index (κ3) is 4.18. The van der Waals surface area contributed by atoms with Gasteiger partial charge in [-0.2, -0.15) is 13.2 Å². The summed E-state index contributed by atoms with van der Waals surface area (Å²) >= 11 is 5.79. The van der Waals surface area contributed by atoms with Crippen LogP contribution in [0, 0.1) is 11.6 Å². The van der Waals surface area contributed by atoms with Crippen LogP contribution >= 0.6 is 11.6 Å². The lowest BCUT2D eigenvalue weighted by atomic mass is 10.0. The van der Waals surface area contributed by atoms with Crippen LogP contribution in [0.1, 0.15) is 11.3 Å². The third-order valence-corrected chi connectivity index (χ3v) is 4.95. The fraction of sp³-hybridized carbons (Fsp3) is 0.0870. The van der Waals surface area contributed by atoms with Gasteiger partial charge in [0.1, 0.15) is 29.6 Å².